The maximum atomic E-state index is 5.69. The first-order valence-electron chi connectivity index (χ1n) is 6.94. The standard InChI is InChI=1S/C16H26O3/c1-6-17-15(18-7-2)12-19-14-10-8-13(9-11-14)16(3,4)5/h8-11,15H,6-7,12H2,1-5H3. The molecule has 1 aromatic carbocycles. The number of hydrogen-bond donors (Lipinski definition) is 0. The zero-order valence-electron chi connectivity index (χ0n) is 12.7. The molecule has 3 heteroatoms. The number of benzene rings is 1. The van der Waals surface area contributed by atoms with Gasteiger partial charge in [-0.15, -0.1) is 0 Å². The van der Waals surface area contributed by atoms with Gasteiger partial charge in [0.15, 0.2) is 6.29 Å². The summed E-state index contributed by atoms with van der Waals surface area (Å²) in [5.41, 5.74) is 1.46. The van der Waals surface area contributed by atoms with Crippen molar-refractivity contribution in [1.29, 1.82) is 0 Å². The Morgan fingerprint density at radius 1 is 0.947 bits per heavy atom. The molecular weight excluding hydrogens is 240 g/mol. The Morgan fingerprint density at radius 3 is 1.89 bits per heavy atom. The van der Waals surface area contributed by atoms with Crippen LogP contribution in [0.25, 0.3) is 0 Å². The minimum Gasteiger partial charge on any atom is -0.488 e. The topological polar surface area (TPSA) is 27.7 Å². The summed E-state index contributed by atoms with van der Waals surface area (Å²) in [6, 6.07) is 8.20. The van der Waals surface area contributed by atoms with Gasteiger partial charge < -0.3 is 14.2 Å². The van der Waals surface area contributed by atoms with E-state index in [9.17, 15) is 0 Å². The van der Waals surface area contributed by atoms with Crippen molar-refractivity contribution in [2.45, 2.75) is 46.3 Å². The van der Waals surface area contributed by atoms with E-state index in [1.165, 1.54) is 5.56 Å². The second-order valence-corrected chi connectivity index (χ2v) is 5.43. The highest BCUT2D eigenvalue weighted by molar-refractivity contribution is 5.31. The summed E-state index contributed by atoms with van der Waals surface area (Å²) in [5, 5.41) is 0. The molecule has 19 heavy (non-hydrogen) atoms. The van der Waals surface area contributed by atoms with Gasteiger partial charge in [-0.05, 0) is 37.0 Å². The quantitative estimate of drug-likeness (QED) is 0.703. The molecule has 0 aliphatic heterocycles. The van der Waals surface area contributed by atoms with Crippen molar-refractivity contribution in [3.8, 4) is 5.75 Å². The zero-order valence-corrected chi connectivity index (χ0v) is 12.7. The first kappa shape index (κ1) is 16.0. The summed E-state index contributed by atoms with van der Waals surface area (Å²) < 4.78 is 16.6. The zero-order chi connectivity index (χ0) is 14.3. The van der Waals surface area contributed by atoms with Crippen molar-refractivity contribution in [3.63, 3.8) is 0 Å². The van der Waals surface area contributed by atoms with E-state index >= 15 is 0 Å². The van der Waals surface area contributed by atoms with Gasteiger partial charge >= 0.3 is 0 Å². The van der Waals surface area contributed by atoms with E-state index in [1.807, 2.05) is 26.0 Å². The lowest BCUT2D eigenvalue weighted by Gasteiger charge is -2.20. The van der Waals surface area contributed by atoms with Gasteiger partial charge in [-0.3, -0.25) is 0 Å². The Kier molecular flexibility index (Phi) is 6.32. The van der Waals surface area contributed by atoms with Crippen LogP contribution in [0.2, 0.25) is 0 Å². The van der Waals surface area contributed by atoms with Gasteiger partial charge in [-0.1, -0.05) is 32.9 Å². The first-order chi connectivity index (χ1) is 8.97. The van der Waals surface area contributed by atoms with Crippen molar-refractivity contribution in [2.24, 2.45) is 0 Å². The summed E-state index contributed by atoms with van der Waals surface area (Å²) in [6.07, 6.45) is -0.294. The molecule has 0 aromatic heterocycles. The maximum absolute atomic E-state index is 5.69. The molecule has 3 nitrogen and oxygen atoms in total. The smallest absolute Gasteiger partial charge is 0.191 e. The van der Waals surface area contributed by atoms with E-state index in [2.05, 4.69) is 32.9 Å². The van der Waals surface area contributed by atoms with Gasteiger partial charge in [0.2, 0.25) is 0 Å². The van der Waals surface area contributed by atoms with Crippen molar-refractivity contribution in [1.82, 2.24) is 0 Å². The fourth-order valence-corrected chi connectivity index (χ4v) is 1.73. The molecule has 0 aliphatic rings. The van der Waals surface area contributed by atoms with Crippen molar-refractivity contribution < 1.29 is 14.2 Å². The second kappa shape index (κ2) is 7.51. The fraction of sp³-hybridized carbons (Fsp3) is 0.625. The summed E-state index contributed by atoms with van der Waals surface area (Å²) in [7, 11) is 0. The van der Waals surface area contributed by atoms with E-state index < -0.39 is 0 Å². The van der Waals surface area contributed by atoms with E-state index in [-0.39, 0.29) is 11.7 Å². The number of rotatable bonds is 7. The monoisotopic (exact) mass is 266 g/mol. The van der Waals surface area contributed by atoms with Crippen LogP contribution < -0.4 is 4.74 Å². The SMILES string of the molecule is CCOC(COc1ccc(C(C)(C)C)cc1)OCC. The third-order valence-corrected chi connectivity index (χ3v) is 2.81. The Labute approximate surface area is 116 Å². The molecule has 0 N–H and O–H groups in total. The number of hydrogen-bond acceptors (Lipinski definition) is 3. The fourth-order valence-electron chi connectivity index (χ4n) is 1.73. The van der Waals surface area contributed by atoms with E-state index in [0.717, 1.165) is 5.75 Å². The second-order valence-electron chi connectivity index (χ2n) is 5.43. The van der Waals surface area contributed by atoms with Gasteiger partial charge in [-0.2, -0.15) is 0 Å². The molecule has 0 amide bonds. The average Bonchev–Trinajstić information content (AvgIpc) is 2.36. The van der Waals surface area contributed by atoms with Gasteiger partial charge in [0.1, 0.15) is 12.4 Å². The largest absolute Gasteiger partial charge is 0.488 e. The third-order valence-electron chi connectivity index (χ3n) is 2.81. The lowest BCUT2D eigenvalue weighted by molar-refractivity contribution is -0.152. The first-order valence-corrected chi connectivity index (χ1v) is 6.94. The van der Waals surface area contributed by atoms with Gasteiger partial charge in [-0.25, -0.2) is 0 Å². The van der Waals surface area contributed by atoms with Crippen molar-refractivity contribution in [3.05, 3.63) is 29.8 Å². The van der Waals surface area contributed by atoms with Crippen LogP contribution in [-0.4, -0.2) is 26.1 Å². The Hall–Kier alpha value is -1.06. The van der Waals surface area contributed by atoms with E-state index in [4.69, 9.17) is 14.2 Å². The van der Waals surface area contributed by atoms with Crippen LogP contribution >= 0.6 is 0 Å². The van der Waals surface area contributed by atoms with Crippen LogP contribution in [0.3, 0.4) is 0 Å². The molecule has 0 radical (unpaired) electrons. The summed E-state index contributed by atoms with van der Waals surface area (Å²) in [4.78, 5) is 0. The normalized spacial score (nSPS) is 11.9. The Bertz CT molecular complexity index is 345. The third kappa shape index (κ3) is 5.62. The van der Waals surface area contributed by atoms with Crippen molar-refractivity contribution in [2.75, 3.05) is 19.8 Å². The molecule has 0 aliphatic carbocycles. The van der Waals surface area contributed by atoms with E-state index in [0.29, 0.717) is 19.8 Å². The van der Waals surface area contributed by atoms with Crippen molar-refractivity contribution >= 4 is 0 Å². The summed E-state index contributed by atoms with van der Waals surface area (Å²) >= 11 is 0. The lowest BCUT2D eigenvalue weighted by Crippen LogP contribution is -2.25. The summed E-state index contributed by atoms with van der Waals surface area (Å²) in [5.74, 6) is 0.845. The predicted molar refractivity (Wildman–Crippen MR) is 77.7 cm³/mol. The highest BCUT2D eigenvalue weighted by atomic mass is 16.7. The molecule has 0 heterocycles. The average molecular weight is 266 g/mol. The molecule has 0 unspecified atom stereocenters. The minimum absolute atomic E-state index is 0.164. The molecule has 1 rings (SSSR count). The summed E-state index contributed by atoms with van der Waals surface area (Å²) in [6.45, 7) is 12.1. The highest BCUT2D eigenvalue weighted by Crippen LogP contribution is 2.24. The molecule has 0 spiro atoms. The van der Waals surface area contributed by atoms with Gasteiger partial charge in [0, 0.05) is 13.2 Å². The lowest BCUT2D eigenvalue weighted by atomic mass is 9.87. The minimum atomic E-state index is -0.294. The molecule has 0 fully saturated rings. The van der Waals surface area contributed by atoms with Gasteiger partial charge in [0.05, 0.1) is 0 Å². The molecular formula is C16H26O3. The maximum Gasteiger partial charge on any atom is 0.191 e. The van der Waals surface area contributed by atoms with Crippen LogP contribution in [0.5, 0.6) is 5.75 Å². The van der Waals surface area contributed by atoms with Crippen LogP contribution in [0.15, 0.2) is 24.3 Å². The predicted octanol–water partition coefficient (Wildman–Crippen LogP) is 3.76. The van der Waals surface area contributed by atoms with Crippen LogP contribution in [-0.2, 0) is 14.9 Å². The van der Waals surface area contributed by atoms with Crippen LogP contribution in [0.1, 0.15) is 40.2 Å². The molecule has 0 saturated carbocycles. The molecule has 108 valence electrons. The molecule has 1 aromatic rings. The van der Waals surface area contributed by atoms with Crippen LogP contribution in [0, 0.1) is 0 Å². The van der Waals surface area contributed by atoms with Crippen LogP contribution in [0.4, 0.5) is 0 Å². The Balaban J connectivity index is 2.53. The highest BCUT2D eigenvalue weighted by Gasteiger charge is 2.13. The number of ether oxygens (including phenoxy) is 3. The molecule has 0 atom stereocenters. The van der Waals surface area contributed by atoms with Gasteiger partial charge in [0.25, 0.3) is 0 Å². The molecule has 0 saturated heterocycles. The Morgan fingerprint density at radius 2 is 1.47 bits per heavy atom. The molecule has 0 bridgehead atoms. The van der Waals surface area contributed by atoms with E-state index in [1.54, 1.807) is 0 Å².